The molecule has 19 heteroatoms. The van der Waals surface area contributed by atoms with Crippen LogP contribution in [0.4, 0.5) is 0 Å². The Hall–Kier alpha value is -1.94. The second-order valence-electron chi connectivity index (χ2n) is 29.9. The summed E-state index contributed by atoms with van der Waals surface area (Å²) in [6.07, 6.45) is 54.5. The molecule has 0 aliphatic heterocycles. The summed E-state index contributed by atoms with van der Waals surface area (Å²) in [7, 11) is -9.91. The third-order valence-corrected chi connectivity index (χ3v) is 20.9. The molecule has 0 saturated heterocycles. The van der Waals surface area contributed by atoms with Gasteiger partial charge in [0.2, 0.25) is 0 Å². The summed E-state index contributed by atoms with van der Waals surface area (Å²) < 4.78 is 68.5. The number of carbonyl (C=O) groups is 4. The van der Waals surface area contributed by atoms with E-state index in [1.54, 1.807) is 0 Å². The molecule has 0 amide bonds. The first-order chi connectivity index (χ1) is 47.2. The number of hydrogen-bond acceptors (Lipinski definition) is 15. The van der Waals surface area contributed by atoms with E-state index in [9.17, 15) is 43.2 Å². The van der Waals surface area contributed by atoms with E-state index in [2.05, 4.69) is 55.4 Å². The van der Waals surface area contributed by atoms with Gasteiger partial charge in [-0.05, 0) is 49.4 Å². The van der Waals surface area contributed by atoms with Crippen LogP contribution in [0.2, 0.25) is 0 Å². The number of carbonyl (C=O) groups excluding carboxylic acids is 4. The number of esters is 4. The SMILES string of the molecule is CCC(C)CCCCCCCCCCCCCCCCCCCCC(=O)O[C@H](COC(=O)CCCCCCCCCCCCCCCCC(C)C)COP(=O)(O)OC[C@@H](O)COP(=O)(O)OC[C@@H](COC(=O)CCCCCCCCC(C)CC)OC(=O)CCCCCCCCC(C)C. The van der Waals surface area contributed by atoms with Gasteiger partial charge < -0.3 is 33.8 Å². The molecule has 4 unspecified atom stereocenters. The van der Waals surface area contributed by atoms with Crippen molar-refractivity contribution in [2.24, 2.45) is 23.7 Å². The van der Waals surface area contributed by atoms with Crippen LogP contribution in [0.5, 0.6) is 0 Å². The summed E-state index contributed by atoms with van der Waals surface area (Å²) in [5.74, 6) is 0.947. The van der Waals surface area contributed by atoms with E-state index >= 15 is 0 Å². The maximum absolute atomic E-state index is 13.1. The maximum atomic E-state index is 13.1. The normalized spacial score (nSPS) is 14.6. The average Bonchev–Trinajstić information content (AvgIpc) is 0.988. The Bertz CT molecular complexity index is 1920. The monoisotopic (exact) mass is 1440 g/mol. The van der Waals surface area contributed by atoms with Crippen molar-refractivity contribution in [1.82, 2.24) is 0 Å². The number of aliphatic hydroxyl groups is 1. The molecule has 0 aliphatic rings. The highest BCUT2D eigenvalue weighted by atomic mass is 31.2. The van der Waals surface area contributed by atoms with Gasteiger partial charge in [0.1, 0.15) is 19.3 Å². The Morgan fingerprint density at radius 2 is 0.490 bits per heavy atom. The van der Waals surface area contributed by atoms with Gasteiger partial charge in [-0.15, -0.1) is 0 Å². The predicted octanol–water partition coefficient (Wildman–Crippen LogP) is 23.2. The van der Waals surface area contributed by atoms with Crippen molar-refractivity contribution in [3.8, 4) is 0 Å². The van der Waals surface area contributed by atoms with Crippen LogP contribution in [-0.4, -0.2) is 96.7 Å². The molecule has 17 nitrogen and oxygen atoms in total. The molecule has 0 saturated carbocycles. The second-order valence-corrected chi connectivity index (χ2v) is 32.8. The van der Waals surface area contributed by atoms with Crippen molar-refractivity contribution in [2.75, 3.05) is 39.6 Å². The molecule has 3 N–H and O–H groups in total. The molecule has 0 heterocycles. The first-order valence-corrected chi connectivity index (χ1v) is 43.8. The van der Waals surface area contributed by atoms with E-state index in [-0.39, 0.29) is 25.7 Å². The molecule has 0 radical (unpaired) electrons. The van der Waals surface area contributed by atoms with Gasteiger partial charge in [0.25, 0.3) is 0 Å². The van der Waals surface area contributed by atoms with Crippen LogP contribution >= 0.6 is 15.6 Å². The molecule has 7 atom stereocenters. The largest absolute Gasteiger partial charge is 0.472 e. The molecule has 0 aromatic rings. The Kier molecular flexibility index (Phi) is 66.8. The lowest BCUT2D eigenvalue weighted by atomic mass is 9.99. The van der Waals surface area contributed by atoms with Crippen molar-refractivity contribution in [1.29, 1.82) is 0 Å². The van der Waals surface area contributed by atoms with Gasteiger partial charge in [-0.1, -0.05) is 351 Å². The summed E-state index contributed by atoms with van der Waals surface area (Å²) in [5.41, 5.74) is 0. The summed E-state index contributed by atoms with van der Waals surface area (Å²) in [4.78, 5) is 72.8. The fourth-order valence-corrected chi connectivity index (χ4v) is 13.6. The minimum Gasteiger partial charge on any atom is -0.462 e. The molecule has 0 fully saturated rings. The van der Waals surface area contributed by atoms with Crippen LogP contribution < -0.4 is 0 Å². The number of phosphoric acid groups is 2. The number of ether oxygens (including phenoxy) is 4. The zero-order valence-electron chi connectivity index (χ0n) is 64.4. The van der Waals surface area contributed by atoms with Crippen LogP contribution in [0, 0.1) is 23.7 Å². The van der Waals surface area contributed by atoms with E-state index in [0.29, 0.717) is 31.6 Å². The minimum atomic E-state index is -4.96. The summed E-state index contributed by atoms with van der Waals surface area (Å²) in [6, 6.07) is 0. The first kappa shape index (κ1) is 96.1. The number of rotatable bonds is 76. The van der Waals surface area contributed by atoms with Crippen LogP contribution in [0.15, 0.2) is 0 Å². The Morgan fingerprint density at radius 3 is 0.724 bits per heavy atom. The van der Waals surface area contributed by atoms with Crippen molar-refractivity contribution in [3.05, 3.63) is 0 Å². The average molecular weight is 1440 g/mol. The predicted molar refractivity (Wildman–Crippen MR) is 400 cm³/mol. The van der Waals surface area contributed by atoms with Crippen LogP contribution in [0.3, 0.4) is 0 Å². The molecular weight excluding hydrogens is 1280 g/mol. The van der Waals surface area contributed by atoms with Crippen molar-refractivity contribution >= 4 is 39.5 Å². The first-order valence-electron chi connectivity index (χ1n) is 40.8. The second kappa shape index (κ2) is 68.2. The third kappa shape index (κ3) is 69.8. The standard InChI is InChI=1S/C79H154O17P2/c1-9-71(7)57-49-41-32-28-24-20-15-13-11-12-14-16-22-26-30-34-45-53-61-78(83)95-74(65-89-76(81)59-51-43-33-29-25-21-18-17-19-23-27-31-39-47-55-69(3)4)67-93-97(85,86)91-63-73(80)64-92-98(87,88)94-68-75(96-79(84)62-54-46-37-35-40-48-56-70(5)6)66-90-77(82)60-52-44-38-36-42-50-58-72(8)10-2/h69-75,80H,9-68H2,1-8H3,(H,85,86)(H,87,88)/t71?,72?,73-,74-,75-/m1/s1. The molecule has 582 valence electrons. The maximum Gasteiger partial charge on any atom is 0.472 e. The number of phosphoric ester groups is 2. The van der Waals surface area contributed by atoms with Gasteiger partial charge in [-0.3, -0.25) is 37.3 Å². The molecule has 0 spiro atoms. The summed E-state index contributed by atoms with van der Waals surface area (Å²) in [6.45, 7) is 14.2. The number of unbranched alkanes of at least 4 members (excludes halogenated alkanes) is 40. The number of aliphatic hydroxyl groups excluding tert-OH is 1. The Morgan fingerprint density at radius 1 is 0.286 bits per heavy atom. The molecular formula is C79H154O17P2. The highest BCUT2D eigenvalue weighted by molar-refractivity contribution is 7.47. The topological polar surface area (TPSA) is 237 Å². The lowest BCUT2D eigenvalue weighted by Crippen LogP contribution is -2.30. The van der Waals surface area contributed by atoms with Gasteiger partial charge in [0, 0.05) is 25.7 Å². The summed E-state index contributed by atoms with van der Waals surface area (Å²) >= 11 is 0. The van der Waals surface area contributed by atoms with Gasteiger partial charge >= 0.3 is 39.5 Å². The summed E-state index contributed by atoms with van der Waals surface area (Å²) in [5, 5.41) is 10.6. The zero-order chi connectivity index (χ0) is 72.4. The van der Waals surface area contributed by atoms with Gasteiger partial charge in [0.15, 0.2) is 12.2 Å². The van der Waals surface area contributed by atoms with Gasteiger partial charge in [0.05, 0.1) is 26.4 Å². The lowest BCUT2D eigenvalue weighted by molar-refractivity contribution is -0.161. The van der Waals surface area contributed by atoms with Crippen molar-refractivity contribution < 1.29 is 80.2 Å². The molecule has 0 aromatic carbocycles. The van der Waals surface area contributed by atoms with E-state index in [1.807, 2.05) is 0 Å². The van der Waals surface area contributed by atoms with Gasteiger partial charge in [-0.25, -0.2) is 9.13 Å². The quantitative estimate of drug-likeness (QED) is 0.0222. The fourth-order valence-electron chi connectivity index (χ4n) is 12.0. The molecule has 0 aromatic heterocycles. The van der Waals surface area contributed by atoms with Crippen molar-refractivity contribution in [2.45, 2.75) is 420 Å². The van der Waals surface area contributed by atoms with E-state index in [0.717, 1.165) is 114 Å². The fraction of sp³-hybridized carbons (Fsp3) is 0.949. The van der Waals surface area contributed by atoms with Crippen LogP contribution in [0.1, 0.15) is 402 Å². The highest BCUT2D eigenvalue weighted by Gasteiger charge is 2.30. The molecule has 0 aliphatic carbocycles. The van der Waals surface area contributed by atoms with E-state index in [1.165, 1.54) is 199 Å². The highest BCUT2D eigenvalue weighted by Crippen LogP contribution is 2.45. The third-order valence-electron chi connectivity index (χ3n) is 19.0. The smallest absolute Gasteiger partial charge is 0.462 e. The zero-order valence-corrected chi connectivity index (χ0v) is 66.2. The molecule has 0 bridgehead atoms. The Balaban J connectivity index is 5.18. The molecule has 98 heavy (non-hydrogen) atoms. The van der Waals surface area contributed by atoms with Crippen LogP contribution in [0.25, 0.3) is 0 Å². The van der Waals surface area contributed by atoms with Crippen LogP contribution in [-0.2, 0) is 65.4 Å². The lowest BCUT2D eigenvalue weighted by Gasteiger charge is -2.21. The minimum absolute atomic E-state index is 0.101. The van der Waals surface area contributed by atoms with E-state index < -0.39 is 97.5 Å². The Labute approximate surface area is 600 Å². The number of hydrogen-bond donors (Lipinski definition) is 3. The van der Waals surface area contributed by atoms with Crippen molar-refractivity contribution in [3.63, 3.8) is 0 Å². The van der Waals surface area contributed by atoms with Gasteiger partial charge in [-0.2, -0.15) is 0 Å². The van der Waals surface area contributed by atoms with E-state index in [4.69, 9.17) is 37.0 Å². The molecule has 0 rings (SSSR count).